The average Bonchev–Trinajstić information content (AvgIpc) is 2.59. The van der Waals surface area contributed by atoms with Crippen LogP contribution in [0, 0.1) is 0 Å². The van der Waals surface area contributed by atoms with Crippen molar-refractivity contribution >= 4 is 18.3 Å². The van der Waals surface area contributed by atoms with Gasteiger partial charge in [-0.3, -0.25) is 4.79 Å². The zero-order chi connectivity index (χ0) is 15.9. The maximum atomic E-state index is 12.5. The normalized spacial score (nSPS) is 18.9. The number of hydrogen-bond donors (Lipinski definition) is 1. The predicted molar refractivity (Wildman–Crippen MR) is 93.2 cm³/mol. The maximum Gasteiger partial charge on any atom is 0.251 e. The second kappa shape index (κ2) is 9.75. The van der Waals surface area contributed by atoms with E-state index in [1.54, 1.807) is 7.11 Å². The minimum Gasteiger partial charge on any atom is -0.497 e. The van der Waals surface area contributed by atoms with Crippen molar-refractivity contribution in [3.05, 3.63) is 29.8 Å². The van der Waals surface area contributed by atoms with Crippen LogP contribution in [0.25, 0.3) is 0 Å². The Bertz CT molecular complexity index is 498. The van der Waals surface area contributed by atoms with E-state index in [1.807, 2.05) is 43.1 Å². The molecule has 1 aromatic rings. The summed E-state index contributed by atoms with van der Waals surface area (Å²) in [5.74, 6) is 0.871. The van der Waals surface area contributed by atoms with Gasteiger partial charge in [0.05, 0.1) is 13.7 Å². The first-order valence-electron chi connectivity index (χ1n) is 7.84. The van der Waals surface area contributed by atoms with Crippen LogP contribution in [-0.2, 0) is 16.1 Å². The van der Waals surface area contributed by atoms with Gasteiger partial charge in [0, 0.05) is 19.1 Å². The van der Waals surface area contributed by atoms with Crippen molar-refractivity contribution in [3.63, 3.8) is 0 Å². The molecule has 0 aliphatic carbocycles. The van der Waals surface area contributed by atoms with Gasteiger partial charge >= 0.3 is 0 Å². The summed E-state index contributed by atoms with van der Waals surface area (Å²) in [7, 11) is 3.59. The largest absolute Gasteiger partial charge is 0.497 e. The first-order valence-corrected chi connectivity index (χ1v) is 7.84. The molecular weight excluding hydrogens is 316 g/mol. The minimum absolute atomic E-state index is 0. The van der Waals surface area contributed by atoms with E-state index in [1.165, 1.54) is 0 Å². The fourth-order valence-corrected chi connectivity index (χ4v) is 2.72. The predicted octanol–water partition coefficient (Wildman–Crippen LogP) is 2.23. The summed E-state index contributed by atoms with van der Waals surface area (Å²) in [6.45, 7) is 3.82. The monoisotopic (exact) mass is 342 g/mol. The molecule has 1 saturated heterocycles. The second-order valence-electron chi connectivity index (χ2n) is 5.72. The molecule has 1 fully saturated rings. The molecule has 0 radical (unpaired) electrons. The maximum absolute atomic E-state index is 12.5. The van der Waals surface area contributed by atoms with Crippen LogP contribution in [0.15, 0.2) is 24.3 Å². The minimum atomic E-state index is -0.429. The molecule has 1 aromatic carbocycles. The summed E-state index contributed by atoms with van der Waals surface area (Å²) >= 11 is 0. The summed E-state index contributed by atoms with van der Waals surface area (Å²) in [6.07, 6.45) is 1.74. The van der Waals surface area contributed by atoms with Crippen LogP contribution in [0.3, 0.4) is 0 Å². The van der Waals surface area contributed by atoms with Crippen LogP contribution < -0.4 is 10.1 Å². The first kappa shape index (κ1) is 19.7. The number of ether oxygens (including phenoxy) is 2. The van der Waals surface area contributed by atoms with Crippen LogP contribution in [0.2, 0.25) is 0 Å². The quantitative estimate of drug-likeness (QED) is 0.861. The van der Waals surface area contributed by atoms with Gasteiger partial charge in [-0.05, 0) is 44.5 Å². The van der Waals surface area contributed by atoms with Crippen LogP contribution >= 0.6 is 12.4 Å². The van der Waals surface area contributed by atoms with E-state index in [2.05, 4.69) is 5.32 Å². The standard InChI is InChI=1S/C17H26N2O3.ClH/c1-13(17(20)19-9-5-7-15(11-19)18-2)22-12-14-6-4-8-16(10-14)21-3;/h4,6,8,10,13,15,18H,5,7,9,11-12H2,1-3H3;1H. The molecule has 2 rings (SSSR count). The lowest BCUT2D eigenvalue weighted by molar-refractivity contribution is -0.144. The lowest BCUT2D eigenvalue weighted by atomic mass is 10.1. The topological polar surface area (TPSA) is 50.8 Å². The Labute approximate surface area is 144 Å². The Morgan fingerprint density at radius 2 is 2.26 bits per heavy atom. The summed E-state index contributed by atoms with van der Waals surface area (Å²) in [5, 5.41) is 3.25. The number of piperidine rings is 1. The zero-order valence-corrected chi connectivity index (χ0v) is 14.9. The third-order valence-corrected chi connectivity index (χ3v) is 4.12. The highest BCUT2D eigenvalue weighted by atomic mass is 35.5. The number of likely N-dealkylation sites (N-methyl/N-ethyl adjacent to an activating group) is 1. The Morgan fingerprint density at radius 3 is 2.96 bits per heavy atom. The fraction of sp³-hybridized carbons (Fsp3) is 0.588. The van der Waals surface area contributed by atoms with E-state index >= 15 is 0 Å². The van der Waals surface area contributed by atoms with E-state index in [0.29, 0.717) is 12.6 Å². The van der Waals surface area contributed by atoms with Gasteiger partial charge in [0.15, 0.2) is 0 Å². The second-order valence-corrected chi connectivity index (χ2v) is 5.72. The third-order valence-electron chi connectivity index (χ3n) is 4.12. The van der Waals surface area contributed by atoms with Gasteiger partial charge in [0.25, 0.3) is 5.91 Å². The third kappa shape index (κ3) is 5.68. The van der Waals surface area contributed by atoms with Crippen molar-refractivity contribution in [2.45, 2.75) is 38.5 Å². The van der Waals surface area contributed by atoms with Crippen molar-refractivity contribution in [3.8, 4) is 5.75 Å². The zero-order valence-electron chi connectivity index (χ0n) is 14.1. The van der Waals surface area contributed by atoms with Gasteiger partial charge in [-0.15, -0.1) is 12.4 Å². The van der Waals surface area contributed by atoms with E-state index in [9.17, 15) is 4.79 Å². The van der Waals surface area contributed by atoms with Gasteiger partial charge in [0.1, 0.15) is 11.9 Å². The molecule has 1 N–H and O–H groups in total. The Kier molecular flexibility index (Phi) is 8.37. The van der Waals surface area contributed by atoms with Gasteiger partial charge in [0.2, 0.25) is 0 Å². The molecule has 0 saturated carbocycles. The van der Waals surface area contributed by atoms with Crippen molar-refractivity contribution in [2.75, 3.05) is 27.2 Å². The molecular formula is C17H27ClN2O3. The summed E-state index contributed by atoms with van der Waals surface area (Å²) < 4.78 is 10.9. The number of benzene rings is 1. The van der Waals surface area contributed by atoms with E-state index in [4.69, 9.17) is 9.47 Å². The van der Waals surface area contributed by atoms with Crippen LogP contribution in [0.4, 0.5) is 0 Å². The average molecular weight is 343 g/mol. The number of carbonyl (C=O) groups excluding carboxylic acids is 1. The molecule has 6 heteroatoms. The molecule has 2 atom stereocenters. The van der Waals surface area contributed by atoms with Crippen molar-refractivity contribution in [1.29, 1.82) is 0 Å². The highest BCUT2D eigenvalue weighted by Crippen LogP contribution is 2.15. The smallest absolute Gasteiger partial charge is 0.251 e. The molecule has 2 unspecified atom stereocenters. The molecule has 130 valence electrons. The molecule has 0 bridgehead atoms. The lowest BCUT2D eigenvalue weighted by Crippen LogP contribution is -2.49. The van der Waals surface area contributed by atoms with Gasteiger partial charge in [-0.2, -0.15) is 0 Å². The van der Waals surface area contributed by atoms with Crippen molar-refractivity contribution in [1.82, 2.24) is 10.2 Å². The molecule has 1 heterocycles. The number of methoxy groups -OCH3 is 1. The van der Waals surface area contributed by atoms with Gasteiger partial charge in [-0.25, -0.2) is 0 Å². The number of rotatable bonds is 6. The first-order chi connectivity index (χ1) is 10.6. The van der Waals surface area contributed by atoms with E-state index in [0.717, 1.165) is 37.2 Å². The van der Waals surface area contributed by atoms with Crippen molar-refractivity contribution < 1.29 is 14.3 Å². The number of carbonyl (C=O) groups is 1. The van der Waals surface area contributed by atoms with Crippen LogP contribution in [0.5, 0.6) is 5.75 Å². The highest BCUT2D eigenvalue weighted by Gasteiger charge is 2.26. The summed E-state index contributed by atoms with van der Waals surface area (Å²) in [4.78, 5) is 14.4. The number of halogens is 1. The molecule has 23 heavy (non-hydrogen) atoms. The summed E-state index contributed by atoms with van der Waals surface area (Å²) in [6, 6.07) is 8.10. The summed E-state index contributed by atoms with van der Waals surface area (Å²) in [5.41, 5.74) is 1.01. The molecule has 0 spiro atoms. The van der Waals surface area contributed by atoms with Crippen molar-refractivity contribution in [2.24, 2.45) is 0 Å². The van der Waals surface area contributed by atoms with Gasteiger partial charge < -0.3 is 19.7 Å². The van der Waals surface area contributed by atoms with Crippen LogP contribution in [0.1, 0.15) is 25.3 Å². The number of likely N-dealkylation sites (tertiary alicyclic amines) is 1. The Balaban J connectivity index is 0.00000264. The van der Waals surface area contributed by atoms with Crippen LogP contribution in [-0.4, -0.2) is 50.2 Å². The lowest BCUT2D eigenvalue weighted by Gasteiger charge is -2.34. The highest BCUT2D eigenvalue weighted by molar-refractivity contribution is 5.85. The SMILES string of the molecule is CNC1CCCN(C(=O)C(C)OCc2cccc(OC)c2)C1.Cl. The molecule has 0 aromatic heterocycles. The molecule has 1 aliphatic heterocycles. The Morgan fingerprint density at radius 1 is 1.48 bits per heavy atom. The van der Waals surface area contributed by atoms with Gasteiger partial charge in [-0.1, -0.05) is 12.1 Å². The number of nitrogens with zero attached hydrogens (tertiary/aromatic N) is 1. The van der Waals surface area contributed by atoms with E-state index in [-0.39, 0.29) is 18.3 Å². The number of nitrogens with one attached hydrogen (secondary N) is 1. The molecule has 1 amide bonds. The number of hydrogen-bond acceptors (Lipinski definition) is 4. The number of amides is 1. The molecule has 1 aliphatic rings. The Hall–Kier alpha value is -1.30. The van der Waals surface area contributed by atoms with E-state index < -0.39 is 6.10 Å². The fourth-order valence-electron chi connectivity index (χ4n) is 2.72. The molecule has 5 nitrogen and oxygen atoms in total.